The first-order valence-electron chi connectivity index (χ1n) is 4.97. The van der Waals surface area contributed by atoms with E-state index in [0.717, 1.165) is 18.8 Å². The van der Waals surface area contributed by atoms with E-state index in [-0.39, 0.29) is 0 Å². The summed E-state index contributed by atoms with van der Waals surface area (Å²) in [6.45, 7) is 2.14. The van der Waals surface area contributed by atoms with Crippen LogP contribution in [0.25, 0.3) is 0 Å². The summed E-state index contributed by atoms with van der Waals surface area (Å²) in [6.07, 6.45) is 5.92. The molecule has 2 rings (SSSR count). The summed E-state index contributed by atoms with van der Waals surface area (Å²) < 4.78 is 4.97. The number of methoxy groups -OCH3 is 1. The maximum Gasteiger partial charge on any atom is 0.231 e. The molecule has 1 aliphatic rings. The highest BCUT2D eigenvalue weighted by atomic mass is 16.5. The zero-order valence-electron chi connectivity index (χ0n) is 8.36. The zero-order valence-corrected chi connectivity index (χ0v) is 8.36. The highest BCUT2D eigenvalue weighted by molar-refractivity contribution is 5.11. The first kappa shape index (κ1) is 9.40. The fourth-order valence-electron chi connectivity index (χ4n) is 1.75. The molecule has 4 nitrogen and oxygen atoms in total. The van der Waals surface area contributed by atoms with E-state index in [2.05, 4.69) is 15.3 Å². The van der Waals surface area contributed by atoms with E-state index in [1.54, 1.807) is 13.3 Å². The average molecular weight is 193 g/mol. The normalized spacial score (nSPS) is 21.9. The molecule has 1 N–H and O–H groups in total. The Morgan fingerprint density at radius 1 is 1.43 bits per heavy atom. The molecule has 1 aromatic heterocycles. The molecule has 1 saturated heterocycles. The minimum Gasteiger partial charge on any atom is -0.480 e. The quantitative estimate of drug-likeness (QED) is 0.759. The molecular weight excluding hydrogens is 178 g/mol. The Bertz CT molecular complexity index is 280. The Morgan fingerprint density at radius 3 is 2.93 bits per heavy atom. The Hall–Kier alpha value is -1.16. The van der Waals surface area contributed by atoms with Crippen LogP contribution in [0.15, 0.2) is 12.4 Å². The lowest BCUT2D eigenvalue weighted by molar-refractivity contribution is 0.392. The largest absolute Gasteiger partial charge is 0.480 e. The van der Waals surface area contributed by atoms with Gasteiger partial charge in [0, 0.05) is 12.5 Å². The van der Waals surface area contributed by atoms with Gasteiger partial charge in [0.1, 0.15) is 0 Å². The van der Waals surface area contributed by atoms with Gasteiger partial charge in [0.25, 0.3) is 0 Å². The van der Waals surface area contributed by atoms with Crippen LogP contribution in [0.2, 0.25) is 0 Å². The lowest BCUT2D eigenvalue weighted by Crippen LogP contribution is -2.28. The number of ether oxygens (including phenoxy) is 1. The molecule has 1 aliphatic heterocycles. The SMILES string of the molecule is COc1cnc(C2CCCNC2)cn1. The molecule has 0 aromatic carbocycles. The molecule has 0 saturated carbocycles. The zero-order chi connectivity index (χ0) is 9.80. The van der Waals surface area contributed by atoms with E-state index in [0.29, 0.717) is 11.8 Å². The minimum absolute atomic E-state index is 0.516. The van der Waals surface area contributed by atoms with Gasteiger partial charge in [-0.15, -0.1) is 0 Å². The summed E-state index contributed by atoms with van der Waals surface area (Å²) >= 11 is 0. The molecule has 0 bridgehead atoms. The fraction of sp³-hybridized carbons (Fsp3) is 0.600. The molecule has 0 amide bonds. The van der Waals surface area contributed by atoms with Crippen LogP contribution in [-0.2, 0) is 0 Å². The average Bonchev–Trinajstić information content (AvgIpc) is 2.30. The van der Waals surface area contributed by atoms with Crippen LogP contribution in [-0.4, -0.2) is 30.2 Å². The van der Waals surface area contributed by atoms with Crippen molar-refractivity contribution in [3.63, 3.8) is 0 Å². The van der Waals surface area contributed by atoms with Crippen molar-refractivity contribution in [3.05, 3.63) is 18.1 Å². The van der Waals surface area contributed by atoms with Gasteiger partial charge in [-0.3, -0.25) is 4.98 Å². The third-order valence-corrected chi connectivity index (χ3v) is 2.57. The van der Waals surface area contributed by atoms with Crippen molar-refractivity contribution in [2.45, 2.75) is 18.8 Å². The number of rotatable bonds is 2. The molecule has 1 fully saturated rings. The minimum atomic E-state index is 0.516. The molecule has 0 radical (unpaired) electrons. The van der Waals surface area contributed by atoms with E-state index in [9.17, 15) is 0 Å². The fourth-order valence-corrected chi connectivity index (χ4v) is 1.75. The molecule has 76 valence electrons. The second kappa shape index (κ2) is 4.37. The predicted molar refractivity (Wildman–Crippen MR) is 53.4 cm³/mol. The molecule has 1 unspecified atom stereocenters. The molecule has 0 aliphatic carbocycles. The van der Waals surface area contributed by atoms with E-state index < -0.39 is 0 Å². The molecule has 0 spiro atoms. The Balaban J connectivity index is 2.07. The number of nitrogens with zero attached hydrogens (tertiary/aromatic N) is 2. The van der Waals surface area contributed by atoms with Gasteiger partial charge >= 0.3 is 0 Å². The van der Waals surface area contributed by atoms with Crippen molar-refractivity contribution in [1.82, 2.24) is 15.3 Å². The monoisotopic (exact) mass is 193 g/mol. The third kappa shape index (κ3) is 2.01. The van der Waals surface area contributed by atoms with Crippen LogP contribution in [0, 0.1) is 0 Å². The van der Waals surface area contributed by atoms with Crippen molar-refractivity contribution < 1.29 is 4.74 Å². The standard InChI is InChI=1S/C10H15N3O/c1-14-10-7-12-9(6-13-10)8-3-2-4-11-5-8/h6-8,11H,2-5H2,1H3. The van der Waals surface area contributed by atoms with Crippen molar-refractivity contribution in [2.75, 3.05) is 20.2 Å². The first-order chi connectivity index (χ1) is 6.90. The van der Waals surface area contributed by atoms with Crippen molar-refractivity contribution >= 4 is 0 Å². The smallest absolute Gasteiger partial charge is 0.231 e. The van der Waals surface area contributed by atoms with Crippen LogP contribution >= 0.6 is 0 Å². The van der Waals surface area contributed by atoms with Crippen LogP contribution in [0.3, 0.4) is 0 Å². The van der Waals surface area contributed by atoms with E-state index in [1.165, 1.54) is 12.8 Å². The molecule has 1 atom stereocenters. The van der Waals surface area contributed by atoms with Crippen LogP contribution in [0.5, 0.6) is 5.88 Å². The molecule has 2 heterocycles. The maximum atomic E-state index is 4.97. The van der Waals surface area contributed by atoms with Crippen LogP contribution in [0.1, 0.15) is 24.5 Å². The third-order valence-electron chi connectivity index (χ3n) is 2.57. The number of piperidine rings is 1. The van der Waals surface area contributed by atoms with Gasteiger partial charge in [-0.05, 0) is 19.4 Å². The summed E-state index contributed by atoms with van der Waals surface area (Å²) in [7, 11) is 1.60. The highest BCUT2D eigenvalue weighted by Crippen LogP contribution is 2.21. The van der Waals surface area contributed by atoms with E-state index in [4.69, 9.17) is 4.74 Å². The van der Waals surface area contributed by atoms with Crippen molar-refractivity contribution in [1.29, 1.82) is 0 Å². The van der Waals surface area contributed by atoms with Crippen LogP contribution < -0.4 is 10.1 Å². The van der Waals surface area contributed by atoms with Crippen molar-refractivity contribution in [2.24, 2.45) is 0 Å². The molecule has 1 aromatic rings. The van der Waals surface area contributed by atoms with Gasteiger partial charge in [0.15, 0.2) is 0 Å². The number of nitrogens with one attached hydrogen (secondary N) is 1. The first-order valence-corrected chi connectivity index (χ1v) is 4.97. The predicted octanol–water partition coefficient (Wildman–Crippen LogP) is 0.952. The second-order valence-corrected chi connectivity index (χ2v) is 3.53. The number of hydrogen-bond acceptors (Lipinski definition) is 4. The Morgan fingerprint density at radius 2 is 2.36 bits per heavy atom. The molecule has 14 heavy (non-hydrogen) atoms. The van der Waals surface area contributed by atoms with Gasteiger partial charge in [-0.25, -0.2) is 4.98 Å². The van der Waals surface area contributed by atoms with Gasteiger partial charge in [-0.2, -0.15) is 0 Å². The second-order valence-electron chi connectivity index (χ2n) is 3.53. The topological polar surface area (TPSA) is 47.0 Å². The van der Waals surface area contributed by atoms with Gasteiger partial charge in [0.05, 0.1) is 25.2 Å². The van der Waals surface area contributed by atoms with Crippen molar-refractivity contribution in [3.8, 4) is 5.88 Å². The van der Waals surface area contributed by atoms with E-state index >= 15 is 0 Å². The summed E-state index contributed by atoms with van der Waals surface area (Å²) in [6, 6.07) is 0. The lowest BCUT2D eigenvalue weighted by Gasteiger charge is -2.21. The van der Waals surface area contributed by atoms with E-state index in [1.807, 2.05) is 6.20 Å². The summed E-state index contributed by atoms with van der Waals surface area (Å²) in [5, 5.41) is 3.36. The van der Waals surface area contributed by atoms with Gasteiger partial charge < -0.3 is 10.1 Å². The number of hydrogen-bond donors (Lipinski definition) is 1. The Labute approximate surface area is 83.7 Å². The van der Waals surface area contributed by atoms with Gasteiger partial charge in [0.2, 0.25) is 5.88 Å². The molecule has 4 heteroatoms. The Kier molecular flexibility index (Phi) is 2.93. The van der Waals surface area contributed by atoms with Crippen LogP contribution in [0.4, 0.5) is 0 Å². The summed E-state index contributed by atoms with van der Waals surface area (Å²) in [5.74, 6) is 1.10. The highest BCUT2D eigenvalue weighted by Gasteiger charge is 2.16. The van der Waals surface area contributed by atoms with Gasteiger partial charge in [-0.1, -0.05) is 0 Å². The summed E-state index contributed by atoms with van der Waals surface area (Å²) in [4.78, 5) is 8.51. The molecular formula is C10H15N3O. The number of aromatic nitrogens is 2. The summed E-state index contributed by atoms with van der Waals surface area (Å²) in [5.41, 5.74) is 1.07. The maximum absolute atomic E-state index is 4.97. The lowest BCUT2D eigenvalue weighted by atomic mass is 9.97.